The molecule has 2 aromatic rings. The van der Waals surface area contributed by atoms with E-state index in [1.807, 2.05) is 6.92 Å². The van der Waals surface area contributed by atoms with Crippen LogP contribution in [0.25, 0.3) is 0 Å². The summed E-state index contributed by atoms with van der Waals surface area (Å²) in [6.45, 7) is 2.80. The van der Waals surface area contributed by atoms with Crippen LogP contribution < -0.4 is 10.0 Å². The SMILES string of the molecule is Cc1sc(CNC2CC2)cc1S(=O)(=O)NCc1cnc[nH]1. The fourth-order valence-corrected chi connectivity index (χ4v) is 4.63. The number of sulfonamides is 1. The van der Waals surface area contributed by atoms with Crippen LogP contribution >= 0.6 is 11.3 Å². The number of thiophene rings is 1. The first-order chi connectivity index (χ1) is 10.0. The highest BCUT2D eigenvalue weighted by atomic mass is 32.2. The molecule has 1 saturated carbocycles. The predicted molar refractivity (Wildman–Crippen MR) is 81.5 cm³/mol. The summed E-state index contributed by atoms with van der Waals surface area (Å²) in [5.41, 5.74) is 0.738. The maximum atomic E-state index is 12.4. The number of nitrogens with zero attached hydrogens (tertiary/aromatic N) is 1. The lowest BCUT2D eigenvalue weighted by molar-refractivity contribution is 0.580. The number of aromatic nitrogens is 2. The van der Waals surface area contributed by atoms with Crippen molar-refractivity contribution in [3.05, 3.63) is 34.0 Å². The van der Waals surface area contributed by atoms with E-state index in [0.29, 0.717) is 10.9 Å². The molecule has 8 heteroatoms. The van der Waals surface area contributed by atoms with Crippen LogP contribution in [-0.2, 0) is 23.1 Å². The van der Waals surface area contributed by atoms with Gasteiger partial charge in [0, 0.05) is 34.2 Å². The Morgan fingerprint density at radius 2 is 2.24 bits per heavy atom. The highest BCUT2D eigenvalue weighted by molar-refractivity contribution is 7.89. The van der Waals surface area contributed by atoms with Gasteiger partial charge in [-0.05, 0) is 25.8 Å². The molecule has 0 atom stereocenters. The molecule has 0 saturated heterocycles. The summed E-state index contributed by atoms with van der Waals surface area (Å²) in [6.07, 6.45) is 5.58. The van der Waals surface area contributed by atoms with E-state index in [1.165, 1.54) is 30.5 Å². The smallest absolute Gasteiger partial charge is 0.242 e. The van der Waals surface area contributed by atoms with Gasteiger partial charge in [-0.3, -0.25) is 0 Å². The zero-order valence-electron chi connectivity index (χ0n) is 11.7. The number of aromatic amines is 1. The quantitative estimate of drug-likeness (QED) is 0.720. The molecule has 1 fully saturated rings. The molecule has 0 radical (unpaired) electrons. The molecule has 0 spiro atoms. The summed E-state index contributed by atoms with van der Waals surface area (Å²) in [4.78, 5) is 8.99. The van der Waals surface area contributed by atoms with Gasteiger partial charge in [-0.15, -0.1) is 11.3 Å². The summed E-state index contributed by atoms with van der Waals surface area (Å²) < 4.78 is 27.3. The Kier molecular flexibility index (Phi) is 4.12. The topological polar surface area (TPSA) is 86.9 Å². The second-order valence-corrected chi connectivity index (χ2v) is 8.27. The van der Waals surface area contributed by atoms with Crippen LogP contribution in [0.4, 0.5) is 0 Å². The Labute approximate surface area is 128 Å². The first kappa shape index (κ1) is 14.7. The Hall–Kier alpha value is -1.22. The van der Waals surface area contributed by atoms with E-state index < -0.39 is 10.0 Å². The van der Waals surface area contributed by atoms with Crippen LogP contribution in [0.2, 0.25) is 0 Å². The van der Waals surface area contributed by atoms with E-state index in [-0.39, 0.29) is 6.54 Å². The molecule has 1 aliphatic rings. The van der Waals surface area contributed by atoms with Gasteiger partial charge < -0.3 is 10.3 Å². The van der Waals surface area contributed by atoms with Crippen LogP contribution in [0.1, 0.15) is 28.3 Å². The highest BCUT2D eigenvalue weighted by Crippen LogP contribution is 2.27. The number of rotatable bonds is 7. The molecule has 0 amide bonds. The molecule has 0 bridgehead atoms. The summed E-state index contributed by atoms with van der Waals surface area (Å²) in [7, 11) is -3.48. The summed E-state index contributed by atoms with van der Waals surface area (Å²) in [6, 6.07) is 2.39. The van der Waals surface area contributed by atoms with Gasteiger partial charge in [0.15, 0.2) is 0 Å². The summed E-state index contributed by atoms with van der Waals surface area (Å²) in [5, 5.41) is 3.40. The van der Waals surface area contributed by atoms with Gasteiger partial charge in [0.25, 0.3) is 0 Å². The van der Waals surface area contributed by atoms with Crippen molar-refractivity contribution < 1.29 is 8.42 Å². The van der Waals surface area contributed by atoms with Gasteiger partial charge in [0.1, 0.15) is 0 Å². The van der Waals surface area contributed by atoms with Crippen molar-refractivity contribution in [3.8, 4) is 0 Å². The second kappa shape index (κ2) is 5.88. The minimum absolute atomic E-state index is 0.216. The Bertz CT molecular complexity index is 703. The predicted octanol–water partition coefficient (Wildman–Crippen LogP) is 1.51. The zero-order valence-corrected chi connectivity index (χ0v) is 13.4. The molecule has 3 N–H and O–H groups in total. The van der Waals surface area contributed by atoms with Crippen LogP contribution in [0, 0.1) is 6.92 Å². The molecule has 0 aromatic carbocycles. The van der Waals surface area contributed by atoms with Gasteiger partial charge in [-0.2, -0.15) is 0 Å². The van der Waals surface area contributed by atoms with Crippen LogP contribution in [0.5, 0.6) is 0 Å². The maximum Gasteiger partial charge on any atom is 0.242 e. The van der Waals surface area contributed by atoms with E-state index in [1.54, 1.807) is 12.3 Å². The Morgan fingerprint density at radius 3 is 2.90 bits per heavy atom. The number of imidazole rings is 1. The lowest BCUT2D eigenvalue weighted by atomic mass is 10.4. The largest absolute Gasteiger partial charge is 0.347 e. The van der Waals surface area contributed by atoms with E-state index in [0.717, 1.165) is 22.0 Å². The molecular weight excluding hydrogens is 308 g/mol. The minimum atomic E-state index is -3.48. The number of hydrogen-bond donors (Lipinski definition) is 3. The monoisotopic (exact) mass is 326 g/mol. The lowest BCUT2D eigenvalue weighted by Crippen LogP contribution is -2.23. The Morgan fingerprint density at radius 1 is 1.43 bits per heavy atom. The van der Waals surface area contributed by atoms with E-state index in [4.69, 9.17) is 0 Å². The van der Waals surface area contributed by atoms with Crippen molar-refractivity contribution in [2.24, 2.45) is 0 Å². The van der Waals surface area contributed by atoms with Gasteiger partial charge >= 0.3 is 0 Å². The molecule has 114 valence electrons. The number of nitrogens with one attached hydrogen (secondary N) is 3. The van der Waals surface area contributed by atoms with Gasteiger partial charge in [-0.1, -0.05) is 0 Å². The standard InChI is InChI=1S/C13H18N4O2S2/c1-9-13(4-12(20-9)7-15-10-2-3-10)21(18,19)17-6-11-5-14-8-16-11/h4-5,8,10,15,17H,2-3,6-7H2,1H3,(H,14,16). The van der Waals surface area contributed by atoms with E-state index >= 15 is 0 Å². The minimum Gasteiger partial charge on any atom is -0.347 e. The lowest BCUT2D eigenvalue weighted by Gasteiger charge is -2.04. The second-order valence-electron chi connectivity index (χ2n) is 5.19. The molecule has 2 aromatic heterocycles. The summed E-state index contributed by atoms with van der Waals surface area (Å²) >= 11 is 1.53. The number of H-pyrrole nitrogens is 1. The normalized spacial score (nSPS) is 15.5. The third-order valence-corrected chi connectivity index (χ3v) is 6.07. The first-order valence-electron chi connectivity index (χ1n) is 6.84. The first-order valence-corrected chi connectivity index (χ1v) is 9.14. The zero-order chi connectivity index (χ0) is 14.9. The average Bonchev–Trinajstić information content (AvgIpc) is 2.97. The van der Waals surface area contributed by atoms with E-state index in [9.17, 15) is 8.42 Å². The van der Waals surface area contributed by atoms with Gasteiger partial charge in [0.2, 0.25) is 10.0 Å². The molecule has 6 nitrogen and oxygen atoms in total. The molecule has 3 rings (SSSR count). The molecule has 21 heavy (non-hydrogen) atoms. The fraction of sp³-hybridized carbons (Fsp3) is 0.462. The third-order valence-electron chi connectivity index (χ3n) is 3.36. The molecule has 1 aliphatic carbocycles. The summed E-state index contributed by atoms with van der Waals surface area (Å²) in [5.74, 6) is 0. The van der Waals surface area contributed by atoms with Crippen molar-refractivity contribution in [3.63, 3.8) is 0 Å². The van der Waals surface area contributed by atoms with Crippen LogP contribution in [0.15, 0.2) is 23.5 Å². The number of hydrogen-bond acceptors (Lipinski definition) is 5. The molecule has 0 unspecified atom stereocenters. The number of aryl methyl sites for hydroxylation is 1. The molecule has 2 heterocycles. The van der Waals surface area contributed by atoms with E-state index in [2.05, 4.69) is 20.0 Å². The van der Waals surface area contributed by atoms with Crippen molar-refractivity contribution in [2.45, 2.75) is 43.8 Å². The van der Waals surface area contributed by atoms with Crippen LogP contribution in [-0.4, -0.2) is 24.4 Å². The van der Waals surface area contributed by atoms with Crippen LogP contribution in [0.3, 0.4) is 0 Å². The highest BCUT2D eigenvalue weighted by Gasteiger charge is 2.23. The van der Waals surface area contributed by atoms with Gasteiger partial charge in [0.05, 0.1) is 17.8 Å². The average molecular weight is 326 g/mol. The Balaban J connectivity index is 1.68. The third kappa shape index (κ3) is 3.70. The van der Waals surface area contributed by atoms with Gasteiger partial charge in [-0.25, -0.2) is 18.1 Å². The maximum absolute atomic E-state index is 12.4. The molecule has 0 aliphatic heterocycles. The van der Waals surface area contributed by atoms with Crippen molar-refractivity contribution in [1.82, 2.24) is 20.0 Å². The van der Waals surface area contributed by atoms with Crippen molar-refractivity contribution >= 4 is 21.4 Å². The fourth-order valence-electron chi connectivity index (χ4n) is 2.04. The molecular formula is C13H18N4O2S2. The van der Waals surface area contributed by atoms with Crippen molar-refractivity contribution in [2.75, 3.05) is 0 Å². The van der Waals surface area contributed by atoms with Crippen molar-refractivity contribution in [1.29, 1.82) is 0 Å².